The molecule has 0 bridgehead atoms. The van der Waals surface area contributed by atoms with E-state index >= 15 is 0 Å². The molecule has 1 saturated heterocycles. The minimum absolute atomic E-state index is 0.0327. The maximum absolute atomic E-state index is 12.8. The molecule has 0 aliphatic carbocycles. The fourth-order valence-electron chi connectivity index (χ4n) is 3.86. The number of carbonyl (C=O) groups excluding carboxylic acids is 1. The van der Waals surface area contributed by atoms with E-state index in [-0.39, 0.29) is 41.4 Å². The summed E-state index contributed by atoms with van der Waals surface area (Å²) in [6.45, 7) is 0.509. The Bertz CT molecular complexity index is 1410. The Balaban J connectivity index is 1.31. The van der Waals surface area contributed by atoms with Gasteiger partial charge in [-0.05, 0) is 66.9 Å². The SMILES string of the molecule is O=C(Nc1ccc(S(=O)(=O)Nc2ccccn2)cc1)C1CCN(S(=O)(=O)Cc2ccc(Cl)cc2)CC1. The summed E-state index contributed by atoms with van der Waals surface area (Å²) in [5.41, 5.74) is 1.11. The first-order valence-corrected chi connectivity index (χ1v) is 14.7. The lowest BCUT2D eigenvalue weighted by Crippen LogP contribution is -2.41. The number of carbonyl (C=O) groups is 1. The second-order valence-corrected chi connectivity index (χ2v) is 12.5. The van der Waals surface area contributed by atoms with E-state index in [4.69, 9.17) is 11.6 Å². The third-order valence-electron chi connectivity index (χ3n) is 5.82. The van der Waals surface area contributed by atoms with Crippen LogP contribution in [0.25, 0.3) is 0 Å². The van der Waals surface area contributed by atoms with Crippen LogP contribution >= 0.6 is 11.6 Å². The smallest absolute Gasteiger partial charge is 0.263 e. The van der Waals surface area contributed by atoms with Crippen LogP contribution in [-0.4, -0.2) is 45.1 Å². The number of piperidine rings is 1. The van der Waals surface area contributed by atoms with E-state index in [1.54, 1.807) is 42.5 Å². The van der Waals surface area contributed by atoms with Crippen molar-refractivity contribution in [3.8, 4) is 0 Å². The zero-order valence-corrected chi connectivity index (χ0v) is 21.6. The van der Waals surface area contributed by atoms with E-state index in [0.29, 0.717) is 29.1 Å². The highest BCUT2D eigenvalue weighted by Gasteiger charge is 2.31. The largest absolute Gasteiger partial charge is 0.326 e. The summed E-state index contributed by atoms with van der Waals surface area (Å²) in [5, 5.41) is 3.33. The number of halogens is 1. The van der Waals surface area contributed by atoms with Gasteiger partial charge in [0.25, 0.3) is 10.0 Å². The molecule has 0 saturated carbocycles. The molecule has 0 atom stereocenters. The molecular weight excluding hydrogens is 524 g/mol. The first-order chi connectivity index (χ1) is 17.1. The van der Waals surface area contributed by atoms with Crippen LogP contribution in [0.2, 0.25) is 5.02 Å². The van der Waals surface area contributed by atoms with Crippen molar-refractivity contribution in [1.82, 2.24) is 9.29 Å². The lowest BCUT2D eigenvalue weighted by atomic mass is 9.97. The molecule has 2 heterocycles. The van der Waals surface area contributed by atoms with Crippen LogP contribution in [0.3, 0.4) is 0 Å². The Hall–Kier alpha value is -2.99. The Morgan fingerprint density at radius 1 is 0.944 bits per heavy atom. The maximum atomic E-state index is 12.8. The highest BCUT2D eigenvalue weighted by atomic mass is 35.5. The Labute approximate surface area is 215 Å². The van der Waals surface area contributed by atoms with Crippen LogP contribution in [-0.2, 0) is 30.6 Å². The summed E-state index contributed by atoms with van der Waals surface area (Å²) in [4.78, 5) is 16.7. The van der Waals surface area contributed by atoms with E-state index in [1.165, 1.54) is 34.8 Å². The molecule has 2 N–H and O–H groups in total. The van der Waals surface area contributed by atoms with Crippen LogP contribution in [0.5, 0.6) is 0 Å². The fourth-order valence-corrected chi connectivity index (χ4v) is 6.56. The zero-order chi connectivity index (χ0) is 25.8. The first kappa shape index (κ1) is 26.1. The van der Waals surface area contributed by atoms with Crippen molar-refractivity contribution in [2.45, 2.75) is 23.5 Å². The average molecular weight is 549 g/mol. The molecule has 0 unspecified atom stereocenters. The molecule has 0 radical (unpaired) electrons. The van der Waals surface area contributed by atoms with E-state index in [2.05, 4.69) is 15.0 Å². The van der Waals surface area contributed by atoms with Crippen molar-refractivity contribution in [3.63, 3.8) is 0 Å². The van der Waals surface area contributed by atoms with E-state index in [9.17, 15) is 21.6 Å². The Morgan fingerprint density at radius 2 is 1.61 bits per heavy atom. The summed E-state index contributed by atoms with van der Waals surface area (Å²) >= 11 is 5.86. The molecule has 0 spiro atoms. The summed E-state index contributed by atoms with van der Waals surface area (Å²) in [5.74, 6) is -0.490. The standard InChI is InChI=1S/C24H25ClN4O5S2/c25-20-6-4-18(5-7-20)17-35(31,32)29-15-12-19(13-16-29)24(30)27-21-8-10-22(11-9-21)36(33,34)28-23-3-1-2-14-26-23/h1-11,14,19H,12-13,15-17H2,(H,26,28)(H,27,30). The van der Waals surface area contributed by atoms with Crippen LogP contribution in [0.1, 0.15) is 18.4 Å². The van der Waals surface area contributed by atoms with Crippen molar-refractivity contribution in [1.29, 1.82) is 0 Å². The number of benzene rings is 2. The monoisotopic (exact) mass is 548 g/mol. The van der Waals surface area contributed by atoms with Gasteiger partial charge in [-0.3, -0.25) is 9.52 Å². The Morgan fingerprint density at radius 3 is 2.22 bits per heavy atom. The minimum Gasteiger partial charge on any atom is -0.326 e. The molecule has 1 aliphatic rings. The van der Waals surface area contributed by atoms with Gasteiger partial charge in [0.15, 0.2) is 0 Å². The number of aromatic nitrogens is 1. The number of pyridine rings is 1. The molecule has 1 amide bonds. The molecular formula is C24H25ClN4O5S2. The topological polar surface area (TPSA) is 126 Å². The van der Waals surface area contributed by atoms with Crippen molar-refractivity contribution >= 4 is 49.1 Å². The van der Waals surface area contributed by atoms with Crippen molar-refractivity contribution in [2.75, 3.05) is 23.1 Å². The average Bonchev–Trinajstić information content (AvgIpc) is 2.86. The minimum atomic E-state index is -3.82. The highest BCUT2D eigenvalue weighted by molar-refractivity contribution is 7.92. The predicted octanol–water partition coefficient (Wildman–Crippen LogP) is 3.72. The van der Waals surface area contributed by atoms with Gasteiger partial charge in [-0.15, -0.1) is 0 Å². The zero-order valence-electron chi connectivity index (χ0n) is 19.2. The van der Waals surface area contributed by atoms with E-state index in [0.717, 1.165) is 0 Å². The molecule has 9 nitrogen and oxygen atoms in total. The maximum Gasteiger partial charge on any atom is 0.263 e. The molecule has 36 heavy (non-hydrogen) atoms. The van der Waals surface area contributed by atoms with Gasteiger partial charge in [-0.1, -0.05) is 29.8 Å². The van der Waals surface area contributed by atoms with Crippen molar-refractivity contribution in [3.05, 3.63) is 83.5 Å². The number of nitrogens with one attached hydrogen (secondary N) is 2. The van der Waals surface area contributed by atoms with Crippen LogP contribution < -0.4 is 10.0 Å². The van der Waals surface area contributed by atoms with Gasteiger partial charge in [-0.2, -0.15) is 0 Å². The van der Waals surface area contributed by atoms with Gasteiger partial charge in [0.1, 0.15) is 5.82 Å². The molecule has 4 rings (SSSR count). The fraction of sp³-hybridized carbons (Fsp3) is 0.250. The molecule has 1 aromatic heterocycles. The quantitative estimate of drug-likeness (QED) is 0.442. The Kier molecular flexibility index (Phi) is 7.94. The number of sulfonamides is 2. The number of hydrogen-bond acceptors (Lipinski definition) is 6. The second kappa shape index (κ2) is 11.0. The normalized spacial score (nSPS) is 15.4. The number of amides is 1. The predicted molar refractivity (Wildman–Crippen MR) is 138 cm³/mol. The van der Waals surface area contributed by atoms with Gasteiger partial charge in [-0.25, -0.2) is 26.1 Å². The van der Waals surface area contributed by atoms with Gasteiger partial charge in [0, 0.05) is 35.9 Å². The van der Waals surface area contributed by atoms with Gasteiger partial charge >= 0.3 is 0 Å². The number of nitrogens with zero attached hydrogens (tertiary/aromatic N) is 2. The third kappa shape index (κ3) is 6.61. The van der Waals surface area contributed by atoms with Gasteiger partial charge < -0.3 is 5.32 Å². The van der Waals surface area contributed by atoms with E-state index in [1.807, 2.05) is 0 Å². The molecule has 2 aromatic carbocycles. The van der Waals surface area contributed by atoms with Crippen LogP contribution in [0.15, 0.2) is 77.8 Å². The highest BCUT2D eigenvalue weighted by Crippen LogP contribution is 2.24. The summed E-state index contributed by atoms with van der Waals surface area (Å²) in [7, 11) is -7.33. The number of anilines is 2. The van der Waals surface area contributed by atoms with Crippen LogP contribution in [0, 0.1) is 5.92 Å². The molecule has 1 fully saturated rings. The lowest BCUT2D eigenvalue weighted by molar-refractivity contribution is -0.120. The molecule has 1 aliphatic heterocycles. The second-order valence-electron chi connectivity index (χ2n) is 8.39. The lowest BCUT2D eigenvalue weighted by Gasteiger charge is -2.30. The van der Waals surface area contributed by atoms with Gasteiger partial charge in [0.2, 0.25) is 15.9 Å². The van der Waals surface area contributed by atoms with Crippen LogP contribution in [0.4, 0.5) is 11.5 Å². The molecule has 190 valence electrons. The summed E-state index contributed by atoms with van der Waals surface area (Å²) in [6, 6.07) is 17.4. The number of hydrogen-bond donors (Lipinski definition) is 2. The summed E-state index contributed by atoms with van der Waals surface area (Å²) in [6.07, 6.45) is 2.27. The molecule has 3 aromatic rings. The first-order valence-electron chi connectivity index (χ1n) is 11.2. The van der Waals surface area contributed by atoms with Crippen molar-refractivity contribution < 1.29 is 21.6 Å². The van der Waals surface area contributed by atoms with Gasteiger partial charge in [0.05, 0.1) is 10.6 Å². The van der Waals surface area contributed by atoms with Crippen molar-refractivity contribution in [2.24, 2.45) is 5.92 Å². The van der Waals surface area contributed by atoms with E-state index < -0.39 is 20.0 Å². The molecule has 12 heteroatoms. The third-order valence-corrected chi connectivity index (χ3v) is 9.29. The number of rotatable bonds is 8. The summed E-state index contributed by atoms with van der Waals surface area (Å²) < 4.78 is 54.4.